The molecule has 172 valence electrons. The summed E-state index contributed by atoms with van der Waals surface area (Å²) in [7, 11) is 1.80. The zero-order valence-corrected chi connectivity index (χ0v) is 20.1. The van der Waals surface area contributed by atoms with Crippen molar-refractivity contribution in [2.24, 2.45) is 7.05 Å². The molecule has 0 aliphatic rings. The second kappa shape index (κ2) is 8.41. The molecule has 0 saturated heterocycles. The van der Waals surface area contributed by atoms with Crippen LogP contribution >= 0.6 is 0 Å². The van der Waals surface area contributed by atoms with E-state index < -0.39 is 0 Å². The number of aromatic nitrogens is 1. The molecule has 5 nitrogen and oxygen atoms in total. The van der Waals surface area contributed by atoms with Crippen LogP contribution in [0.3, 0.4) is 0 Å². The number of aryl methyl sites for hydroxylation is 3. The van der Waals surface area contributed by atoms with E-state index in [1.165, 1.54) is 5.56 Å². The van der Waals surface area contributed by atoms with Crippen molar-refractivity contribution in [1.29, 1.82) is 0 Å². The second-order valence-corrected chi connectivity index (χ2v) is 9.03. The van der Waals surface area contributed by atoms with Crippen LogP contribution in [0.2, 0.25) is 0 Å². The number of rotatable bonds is 5. The van der Waals surface area contributed by atoms with Crippen molar-refractivity contribution in [1.82, 2.24) is 4.57 Å². The average Bonchev–Trinajstić information content (AvgIpc) is 3.19. The van der Waals surface area contributed by atoms with Crippen LogP contribution in [0.1, 0.15) is 25.0 Å². The number of anilines is 2. The van der Waals surface area contributed by atoms with Crippen molar-refractivity contribution in [3.05, 3.63) is 88.2 Å². The van der Waals surface area contributed by atoms with Crippen LogP contribution in [-0.4, -0.2) is 10.7 Å². The van der Waals surface area contributed by atoms with Gasteiger partial charge in [0.1, 0.15) is 5.75 Å². The van der Waals surface area contributed by atoms with Crippen LogP contribution in [0, 0.1) is 13.8 Å². The van der Waals surface area contributed by atoms with E-state index in [4.69, 9.17) is 9.15 Å². The lowest BCUT2D eigenvalue weighted by Gasteiger charge is -2.12. The molecule has 0 amide bonds. The molecule has 5 heteroatoms. The van der Waals surface area contributed by atoms with E-state index in [1.807, 2.05) is 68.4 Å². The van der Waals surface area contributed by atoms with Crippen molar-refractivity contribution in [2.75, 3.05) is 5.32 Å². The first kappa shape index (κ1) is 21.8. The second-order valence-electron chi connectivity index (χ2n) is 9.03. The van der Waals surface area contributed by atoms with E-state index in [0.29, 0.717) is 16.9 Å². The zero-order valence-electron chi connectivity index (χ0n) is 20.1. The predicted octanol–water partition coefficient (Wildman–Crippen LogP) is 7.10. The molecule has 2 heterocycles. The van der Waals surface area contributed by atoms with E-state index in [1.54, 1.807) is 11.6 Å². The number of hydrogen-bond donors (Lipinski definition) is 1. The Bertz CT molecular complexity index is 1570. The highest BCUT2D eigenvalue weighted by atomic mass is 16.5. The lowest BCUT2D eigenvalue weighted by molar-refractivity contribution is 0.242. The van der Waals surface area contributed by atoms with E-state index in [-0.39, 0.29) is 11.7 Å². The van der Waals surface area contributed by atoms with Gasteiger partial charge in [-0.05, 0) is 69.2 Å². The van der Waals surface area contributed by atoms with Crippen LogP contribution < -0.4 is 15.6 Å². The number of fused-ring (bicyclic) bond motifs is 3. The number of para-hydroxylation sites is 1. The molecule has 5 aromatic rings. The van der Waals surface area contributed by atoms with Crippen LogP contribution in [0.5, 0.6) is 5.75 Å². The van der Waals surface area contributed by atoms with Gasteiger partial charge in [-0.2, -0.15) is 0 Å². The summed E-state index contributed by atoms with van der Waals surface area (Å²) >= 11 is 0. The number of hydrogen-bond acceptors (Lipinski definition) is 4. The van der Waals surface area contributed by atoms with Crippen molar-refractivity contribution >= 4 is 33.4 Å². The van der Waals surface area contributed by atoms with Crippen LogP contribution in [0.25, 0.3) is 33.0 Å². The maximum absolute atomic E-state index is 13.6. The SMILES string of the molecule is Cc1ccc(Nc2oc3c(c2-c2ccc(OC(C)C)cc2)c(=O)n(C)c2ccccc32)c(C)c1. The van der Waals surface area contributed by atoms with Gasteiger partial charge in [-0.3, -0.25) is 4.79 Å². The van der Waals surface area contributed by atoms with E-state index in [0.717, 1.165) is 39.0 Å². The molecule has 3 aromatic carbocycles. The Hall–Kier alpha value is -3.99. The van der Waals surface area contributed by atoms with Gasteiger partial charge in [0.25, 0.3) is 5.56 Å². The highest BCUT2D eigenvalue weighted by molar-refractivity contribution is 6.11. The molecule has 5 rings (SSSR count). The predicted molar refractivity (Wildman–Crippen MR) is 139 cm³/mol. The van der Waals surface area contributed by atoms with Crippen LogP contribution in [0.15, 0.2) is 75.9 Å². The molecule has 0 aliphatic heterocycles. The van der Waals surface area contributed by atoms with Crippen LogP contribution in [-0.2, 0) is 7.05 Å². The Morgan fingerprint density at radius 2 is 1.71 bits per heavy atom. The van der Waals surface area contributed by atoms with Gasteiger partial charge in [-0.15, -0.1) is 0 Å². The maximum Gasteiger partial charge on any atom is 0.262 e. The Labute approximate surface area is 198 Å². The van der Waals surface area contributed by atoms with Gasteiger partial charge in [0.2, 0.25) is 5.88 Å². The molecule has 0 fully saturated rings. The lowest BCUT2D eigenvalue weighted by atomic mass is 10.0. The average molecular weight is 453 g/mol. The molecular formula is C29H28N2O3. The molecule has 0 radical (unpaired) electrons. The molecule has 0 saturated carbocycles. The Balaban J connectivity index is 1.78. The summed E-state index contributed by atoms with van der Waals surface area (Å²) in [6.45, 7) is 8.13. The fraction of sp³-hybridized carbons (Fsp3) is 0.207. The number of benzene rings is 3. The summed E-state index contributed by atoms with van der Waals surface area (Å²) in [4.78, 5) is 13.6. The fourth-order valence-corrected chi connectivity index (χ4v) is 4.47. The Kier molecular flexibility index (Phi) is 5.40. The lowest BCUT2D eigenvalue weighted by Crippen LogP contribution is -2.17. The smallest absolute Gasteiger partial charge is 0.262 e. The van der Waals surface area contributed by atoms with Gasteiger partial charge >= 0.3 is 0 Å². The van der Waals surface area contributed by atoms with Gasteiger partial charge in [0, 0.05) is 18.1 Å². The quantitative estimate of drug-likeness (QED) is 0.309. The number of nitrogens with zero attached hydrogens (tertiary/aromatic N) is 1. The van der Waals surface area contributed by atoms with Crippen molar-refractivity contribution in [3.8, 4) is 16.9 Å². The minimum Gasteiger partial charge on any atom is -0.491 e. The van der Waals surface area contributed by atoms with Crippen molar-refractivity contribution in [3.63, 3.8) is 0 Å². The first-order valence-corrected chi connectivity index (χ1v) is 11.5. The normalized spacial score (nSPS) is 11.5. The highest BCUT2D eigenvalue weighted by Crippen LogP contribution is 2.41. The summed E-state index contributed by atoms with van der Waals surface area (Å²) in [6, 6.07) is 21.9. The number of ether oxygens (including phenoxy) is 1. The number of furan rings is 1. The first-order valence-electron chi connectivity index (χ1n) is 11.5. The summed E-state index contributed by atoms with van der Waals surface area (Å²) in [5, 5.41) is 4.93. The number of pyridine rings is 1. The molecule has 0 bridgehead atoms. The molecule has 0 aliphatic carbocycles. The fourth-order valence-electron chi connectivity index (χ4n) is 4.47. The maximum atomic E-state index is 13.6. The van der Waals surface area contributed by atoms with Gasteiger partial charge in [-0.1, -0.05) is 42.0 Å². The standard InChI is InChI=1S/C29H28N2O3/c1-17(2)33-21-13-11-20(12-14-21)25-26-27(22-8-6-7-9-24(22)31(5)29(26)32)34-28(25)30-23-15-10-18(3)16-19(23)4/h6-17,30H,1-5H3. The molecule has 0 unspecified atom stereocenters. The molecular weight excluding hydrogens is 424 g/mol. The van der Waals surface area contributed by atoms with Crippen molar-refractivity contribution < 1.29 is 9.15 Å². The minimum atomic E-state index is -0.0939. The van der Waals surface area contributed by atoms with Gasteiger partial charge in [0.15, 0.2) is 5.58 Å². The topological polar surface area (TPSA) is 56.4 Å². The zero-order chi connectivity index (χ0) is 24.0. The van der Waals surface area contributed by atoms with E-state index in [2.05, 4.69) is 31.3 Å². The monoisotopic (exact) mass is 452 g/mol. The molecule has 0 atom stereocenters. The third kappa shape index (κ3) is 3.73. The summed E-state index contributed by atoms with van der Waals surface area (Å²) in [6.07, 6.45) is 0.0843. The molecule has 34 heavy (non-hydrogen) atoms. The third-order valence-electron chi connectivity index (χ3n) is 6.08. The Morgan fingerprint density at radius 3 is 2.41 bits per heavy atom. The highest BCUT2D eigenvalue weighted by Gasteiger charge is 2.23. The summed E-state index contributed by atoms with van der Waals surface area (Å²) in [5.74, 6) is 1.33. The third-order valence-corrected chi connectivity index (χ3v) is 6.08. The first-order chi connectivity index (χ1) is 16.3. The van der Waals surface area contributed by atoms with Crippen LogP contribution in [0.4, 0.5) is 11.6 Å². The summed E-state index contributed by atoms with van der Waals surface area (Å²) in [5.41, 5.74) is 6.18. The summed E-state index contributed by atoms with van der Waals surface area (Å²) < 4.78 is 13.9. The Morgan fingerprint density at radius 1 is 0.971 bits per heavy atom. The minimum absolute atomic E-state index is 0.0843. The van der Waals surface area contributed by atoms with Gasteiger partial charge < -0.3 is 19.0 Å². The number of nitrogens with one attached hydrogen (secondary N) is 1. The van der Waals surface area contributed by atoms with Crippen molar-refractivity contribution in [2.45, 2.75) is 33.8 Å². The van der Waals surface area contributed by atoms with Gasteiger partial charge in [0.05, 0.1) is 22.6 Å². The molecule has 2 aromatic heterocycles. The molecule has 1 N–H and O–H groups in total. The van der Waals surface area contributed by atoms with E-state index in [9.17, 15) is 4.79 Å². The molecule has 0 spiro atoms. The largest absolute Gasteiger partial charge is 0.491 e. The van der Waals surface area contributed by atoms with E-state index >= 15 is 0 Å². The van der Waals surface area contributed by atoms with Gasteiger partial charge in [-0.25, -0.2) is 0 Å².